The van der Waals surface area contributed by atoms with Crippen LogP contribution in [0.15, 0.2) is 21.2 Å². The lowest BCUT2D eigenvalue weighted by molar-refractivity contribution is 0.554. The molecule has 4 nitrogen and oxygen atoms in total. The van der Waals surface area contributed by atoms with Crippen LogP contribution in [-0.4, -0.2) is 9.97 Å². The van der Waals surface area contributed by atoms with Gasteiger partial charge in [-0.2, -0.15) is 0 Å². The molecular weight excluding hydrogens is 409 g/mol. The Morgan fingerprint density at radius 1 is 1.33 bits per heavy atom. The van der Waals surface area contributed by atoms with Gasteiger partial charge in [-0.3, -0.25) is 0 Å². The third-order valence-corrected chi connectivity index (χ3v) is 4.10. The summed E-state index contributed by atoms with van der Waals surface area (Å²) in [4.78, 5) is 8.87. The molecule has 0 amide bonds. The van der Waals surface area contributed by atoms with E-state index in [1.54, 1.807) is 6.26 Å². The van der Waals surface area contributed by atoms with Crippen molar-refractivity contribution in [2.45, 2.75) is 26.2 Å². The van der Waals surface area contributed by atoms with Gasteiger partial charge in [0, 0.05) is 5.41 Å². The Balaban J connectivity index is 2.66. The highest BCUT2D eigenvalue weighted by molar-refractivity contribution is 14.1. The Hall–Kier alpha value is -0.630. The lowest BCUT2D eigenvalue weighted by atomic mass is 9.92. The molecule has 0 aliphatic rings. The molecule has 2 aromatic rings. The lowest BCUT2D eigenvalue weighted by Crippen LogP contribution is -2.18. The van der Waals surface area contributed by atoms with E-state index in [1.807, 2.05) is 6.07 Å². The molecule has 2 rings (SSSR count). The first-order valence-corrected chi connectivity index (χ1v) is 7.24. The summed E-state index contributed by atoms with van der Waals surface area (Å²) in [6.07, 6.45) is 1.59. The first kappa shape index (κ1) is 13.8. The van der Waals surface area contributed by atoms with Crippen LogP contribution in [-0.2, 0) is 5.41 Å². The predicted molar refractivity (Wildman–Crippen MR) is 83.3 cm³/mol. The summed E-state index contributed by atoms with van der Waals surface area (Å²) in [5, 5.41) is 0. The SMILES string of the molecule is CC(C)(C)c1nc(-c2occc2Br)nc(N)c1I. The molecule has 96 valence electrons. The second kappa shape index (κ2) is 4.80. The summed E-state index contributed by atoms with van der Waals surface area (Å²) in [5.74, 6) is 1.59. The largest absolute Gasteiger partial charge is 0.460 e. The normalized spacial score (nSPS) is 11.8. The second-order valence-electron chi connectivity index (χ2n) is 4.94. The van der Waals surface area contributed by atoms with E-state index in [0.717, 1.165) is 13.7 Å². The van der Waals surface area contributed by atoms with Crippen molar-refractivity contribution in [3.8, 4) is 11.6 Å². The van der Waals surface area contributed by atoms with E-state index in [2.05, 4.69) is 69.3 Å². The number of aromatic nitrogens is 2. The number of rotatable bonds is 1. The van der Waals surface area contributed by atoms with Gasteiger partial charge in [0.1, 0.15) is 5.82 Å². The minimum atomic E-state index is -0.0958. The molecule has 0 unspecified atom stereocenters. The highest BCUT2D eigenvalue weighted by atomic mass is 127. The molecule has 2 aromatic heterocycles. The molecule has 2 N–H and O–H groups in total. The highest BCUT2D eigenvalue weighted by Gasteiger charge is 2.24. The van der Waals surface area contributed by atoms with Crippen molar-refractivity contribution in [3.63, 3.8) is 0 Å². The maximum absolute atomic E-state index is 5.96. The number of nitrogens with two attached hydrogens (primary N) is 1. The van der Waals surface area contributed by atoms with Gasteiger partial charge in [0.15, 0.2) is 11.6 Å². The van der Waals surface area contributed by atoms with Gasteiger partial charge >= 0.3 is 0 Å². The Labute approximate surface area is 128 Å². The number of nitrogens with zero attached hydrogens (tertiary/aromatic N) is 2. The predicted octanol–water partition coefficient (Wildman–Crippen LogP) is 3.98. The number of hydrogen-bond acceptors (Lipinski definition) is 4. The van der Waals surface area contributed by atoms with Crippen LogP contribution < -0.4 is 5.73 Å². The van der Waals surface area contributed by atoms with Crippen LogP contribution in [0.5, 0.6) is 0 Å². The van der Waals surface area contributed by atoms with Crippen molar-refractivity contribution in [3.05, 3.63) is 26.1 Å². The van der Waals surface area contributed by atoms with Gasteiger partial charge < -0.3 is 10.2 Å². The molecule has 0 saturated carbocycles. The summed E-state index contributed by atoms with van der Waals surface area (Å²) < 4.78 is 7.10. The van der Waals surface area contributed by atoms with Gasteiger partial charge in [-0.25, -0.2) is 9.97 Å². The molecule has 0 aromatic carbocycles. The van der Waals surface area contributed by atoms with Gasteiger partial charge in [-0.05, 0) is 44.6 Å². The number of anilines is 1. The molecule has 0 spiro atoms. The van der Waals surface area contributed by atoms with E-state index < -0.39 is 0 Å². The van der Waals surface area contributed by atoms with Crippen LogP contribution in [0.4, 0.5) is 5.82 Å². The van der Waals surface area contributed by atoms with E-state index >= 15 is 0 Å². The molecule has 0 atom stereocenters. The Morgan fingerprint density at radius 3 is 2.50 bits per heavy atom. The van der Waals surface area contributed by atoms with Gasteiger partial charge in [0.25, 0.3) is 0 Å². The zero-order chi connectivity index (χ0) is 13.5. The van der Waals surface area contributed by atoms with E-state index in [0.29, 0.717) is 17.4 Å². The van der Waals surface area contributed by atoms with Crippen LogP contribution in [0, 0.1) is 3.57 Å². The molecule has 0 radical (unpaired) electrons. The van der Waals surface area contributed by atoms with Crippen LogP contribution >= 0.6 is 38.5 Å². The van der Waals surface area contributed by atoms with Crippen LogP contribution in [0.25, 0.3) is 11.6 Å². The van der Waals surface area contributed by atoms with Crippen molar-refractivity contribution in [1.82, 2.24) is 9.97 Å². The zero-order valence-corrected chi connectivity index (χ0v) is 14.0. The summed E-state index contributed by atoms with van der Waals surface area (Å²) in [6.45, 7) is 6.29. The Bertz CT molecular complexity index is 589. The molecule has 0 bridgehead atoms. The molecular formula is C12H13BrIN3O. The second-order valence-corrected chi connectivity index (χ2v) is 6.88. The van der Waals surface area contributed by atoms with Gasteiger partial charge in [0.05, 0.1) is 20.0 Å². The van der Waals surface area contributed by atoms with Gasteiger partial charge in [0.2, 0.25) is 0 Å². The van der Waals surface area contributed by atoms with Crippen molar-refractivity contribution >= 4 is 44.3 Å². The molecule has 6 heteroatoms. The monoisotopic (exact) mass is 421 g/mol. The molecule has 0 aliphatic heterocycles. The van der Waals surface area contributed by atoms with E-state index in [1.165, 1.54) is 0 Å². The first-order chi connectivity index (χ1) is 8.30. The third kappa shape index (κ3) is 2.54. The number of halogens is 2. The summed E-state index contributed by atoms with van der Waals surface area (Å²) in [5.41, 5.74) is 6.79. The Morgan fingerprint density at radius 2 is 2.00 bits per heavy atom. The number of hydrogen-bond donors (Lipinski definition) is 1. The topological polar surface area (TPSA) is 64.9 Å². The van der Waals surface area contributed by atoms with Crippen LogP contribution in [0.3, 0.4) is 0 Å². The van der Waals surface area contributed by atoms with E-state index in [9.17, 15) is 0 Å². The van der Waals surface area contributed by atoms with Crippen LogP contribution in [0.2, 0.25) is 0 Å². The molecule has 0 saturated heterocycles. The van der Waals surface area contributed by atoms with Gasteiger partial charge in [-0.1, -0.05) is 20.8 Å². The first-order valence-electron chi connectivity index (χ1n) is 5.37. The van der Waals surface area contributed by atoms with Crippen molar-refractivity contribution < 1.29 is 4.42 Å². The average molecular weight is 422 g/mol. The van der Waals surface area contributed by atoms with E-state index in [-0.39, 0.29) is 5.41 Å². The maximum Gasteiger partial charge on any atom is 0.199 e. The molecule has 0 aliphatic carbocycles. The van der Waals surface area contributed by atoms with Crippen LogP contribution in [0.1, 0.15) is 26.5 Å². The van der Waals surface area contributed by atoms with E-state index in [4.69, 9.17) is 10.2 Å². The number of nitrogen functional groups attached to an aromatic ring is 1. The summed E-state index contributed by atoms with van der Waals surface area (Å²) in [7, 11) is 0. The molecule has 2 heterocycles. The summed E-state index contributed by atoms with van der Waals surface area (Å²) in [6, 6.07) is 1.81. The number of furan rings is 1. The van der Waals surface area contributed by atoms with Crippen molar-refractivity contribution in [2.24, 2.45) is 0 Å². The van der Waals surface area contributed by atoms with Crippen molar-refractivity contribution in [1.29, 1.82) is 0 Å². The molecule has 18 heavy (non-hydrogen) atoms. The maximum atomic E-state index is 5.96. The third-order valence-electron chi connectivity index (χ3n) is 2.41. The Kier molecular flexibility index (Phi) is 3.68. The van der Waals surface area contributed by atoms with Gasteiger partial charge in [-0.15, -0.1) is 0 Å². The fourth-order valence-corrected chi connectivity index (χ4v) is 2.95. The fraction of sp³-hybridized carbons (Fsp3) is 0.333. The standard InChI is InChI=1S/C12H13BrIN3O/c1-12(2,3)9-7(14)10(15)17-11(16-9)8-6(13)4-5-18-8/h4-5H,1-3H3,(H2,15,16,17). The molecule has 0 fully saturated rings. The average Bonchev–Trinajstić information content (AvgIpc) is 2.66. The summed E-state index contributed by atoms with van der Waals surface area (Å²) >= 11 is 5.59. The minimum absolute atomic E-state index is 0.0958. The fourth-order valence-electron chi connectivity index (χ4n) is 1.52. The smallest absolute Gasteiger partial charge is 0.199 e. The highest BCUT2D eigenvalue weighted by Crippen LogP contribution is 2.33. The lowest BCUT2D eigenvalue weighted by Gasteiger charge is -2.20. The quantitative estimate of drug-likeness (QED) is 0.707. The minimum Gasteiger partial charge on any atom is -0.460 e. The van der Waals surface area contributed by atoms with Crippen molar-refractivity contribution in [2.75, 3.05) is 5.73 Å². The zero-order valence-electron chi connectivity index (χ0n) is 10.3.